The van der Waals surface area contributed by atoms with Crippen LogP contribution in [0.1, 0.15) is 0 Å². The van der Waals surface area contributed by atoms with E-state index in [0.717, 1.165) is 37.5 Å². The van der Waals surface area contributed by atoms with E-state index in [-0.39, 0.29) is 21.1 Å². The van der Waals surface area contributed by atoms with Crippen molar-refractivity contribution in [3.8, 4) is 11.6 Å². The number of hydrogen-bond acceptors (Lipinski definition) is 7. The molecule has 0 radical (unpaired) electrons. The summed E-state index contributed by atoms with van der Waals surface area (Å²) in [6.45, 7) is 2.07. The number of ether oxygens (including phenoxy) is 1. The fraction of sp³-hybridized carbons (Fsp3) is 0.0256. The van der Waals surface area contributed by atoms with E-state index in [4.69, 9.17) is 4.74 Å². The Morgan fingerprint density at radius 2 is 1.34 bits per heavy atom. The summed E-state index contributed by atoms with van der Waals surface area (Å²) in [5.41, 5.74) is 3.83. The summed E-state index contributed by atoms with van der Waals surface area (Å²) >= 11 is 3.57. The molecule has 5 nitrogen and oxygen atoms in total. The quantitative estimate of drug-likeness (QED) is 0.156. The number of anilines is 4. The number of para-hydroxylation sites is 1. The Morgan fingerprint density at radius 1 is 0.702 bits per heavy atom. The average molecular weight is 825 g/mol. The summed E-state index contributed by atoms with van der Waals surface area (Å²) in [5, 5.41) is 4.71. The maximum absolute atomic E-state index is 6.40. The van der Waals surface area contributed by atoms with Crippen molar-refractivity contribution < 1.29 is 25.8 Å². The Kier molecular flexibility index (Phi) is 7.69. The van der Waals surface area contributed by atoms with Crippen molar-refractivity contribution in [2.24, 2.45) is 0 Å². The third-order valence-electron chi connectivity index (χ3n) is 8.10. The van der Waals surface area contributed by atoms with Gasteiger partial charge in [0.25, 0.3) is 0 Å². The molecule has 0 atom stereocenters. The monoisotopic (exact) mass is 824 g/mol. The van der Waals surface area contributed by atoms with Crippen LogP contribution in [-0.4, -0.2) is 16.9 Å². The van der Waals surface area contributed by atoms with Gasteiger partial charge < -0.3 is 19.4 Å². The second-order valence-electron chi connectivity index (χ2n) is 11.1. The molecule has 0 unspecified atom stereocenters. The van der Waals surface area contributed by atoms with Crippen molar-refractivity contribution >= 4 is 85.8 Å². The number of hydrogen-bond donors (Lipinski definition) is 0. The van der Waals surface area contributed by atoms with Crippen molar-refractivity contribution in [3.63, 3.8) is 0 Å². The van der Waals surface area contributed by atoms with Gasteiger partial charge in [-0.3, -0.25) is 0 Å². The first kappa shape index (κ1) is 29.7. The molecule has 5 aromatic carbocycles. The maximum Gasteiger partial charge on any atom is 0.216 e. The van der Waals surface area contributed by atoms with Crippen LogP contribution in [0.5, 0.6) is 11.6 Å². The molecule has 1 aliphatic rings. The smallest absolute Gasteiger partial charge is 0.216 e. The van der Waals surface area contributed by atoms with E-state index in [1.54, 1.807) is 28.9 Å². The molecule has 0 bridgehead atoms. The first-order valence-electron chi connectivity index (χ1n) is 14.9. The van der Waals surface area contributed by atoms with E-state index in [2.05, 4.69) is 131 Å². The van der Waals surface area contributed by atoms with Crippen LogP contribution < -0.4 is 14.5 Å². The SMILES string of the molecule is CN1C=CN(c2[c-]c(N(c3ccccc3)c3[c-]c(Oc4ccccn4)cc4c3sc3ccccc34)c3sc4ccccc4c3c2)[CH-]1.[Pt]. The number of rotatable bonds is 6. The molecule has 0 saturated heterocycles. The van der Waals surface area contributed by atoms with Crippen molar-refractivity contribution in [1.29, 1.82) is 0 Å². The van der Waals surface area contributed by atoms with Crippen molar-refractivity contribution in [2.75, 3.05) is 16.8 Å². The van der Waals surface area contributed by atoms with Crippen molar-refractivity contribution in [2.45, 2.75) is 0 Å². The summed E-state index contributed by atoms with van der Waals surface area (Å²) in [4.78, 5) is 10.9. The third kappa shape index (κ3) is 5.25. The van der Waals surface area contributed by atoms with Crippen LogP contribution in [0, 0.1) is 18.8 Å². The van der Waals surface area contributed by atoms with Crippen LogP contribution in [0.4, 0.5) is 22.7 Å². The Morgan fingerprint density at radius 3 is 2.00 bits per heavy atom. The van der Waals surface area contributed by atoms with E-state index in [0.29, 0.717) is 11.6 Å². The molecule has 0 fully saturated rings. The molecule has 47 heavy (non-hydrogen) atoms. The van der Waals surface area contributed by atoms with E-state index >= 15 is 0 Å². The number of benzene rings is 5. The Labute approximate surface area is 294 Å². The summed E-state index contributed by atoms with van der Waals surface area (Å²) in [6, 6.07) is 45.3. The van der Waals surface area contributed by atoms with E-state index in [9.17, 15) is 0 Å². The van der Waals surface area contributed by atoms with Gasteiger partial charge in [0, 0.05) is 54.2 Å². The zero-order valence-electron chi connectivity index (χ0n) is 25.0. The van der Waals surface area contributed by atoms with Gasteiger partial charge in [0.2, 0.25) is 5.88 Å². The fourth-order valence-electron chi connectivity index (χ4n) is 6.03. The van der Waals surface area contributed by atoms with E-state index in [1.807, 2.05) is 36.3 Å². The standard InChI is InChI=1S/C39H25N4OS2.Pt/c1-41-19-20-42(25-41)27-21-31-29-13-5-7-15-35(29)45-38(31)33(22-27)43(26-11-3-2-4-12-26)34-24-28(44-37-17-9-10-18-40-37)23-32-30-14-6-8-16-36(30)46-39(32)34;/h2-21,23,25H,1H3;/q-3;. The number of pyridine rings is 1. The van der Waals surface area contributed by atoms with E-state index < -0.39 is 0 Å². The molecule has 0 spiro atoms. The topological polar surface area (TPSA) is 31.8 Å². The second-order valence-corrected chi connectivity index (χ2v) is 13.2. The minimum absolute atomic E-state index is 0. The third-order valence-corrected chi connectivity index (χ3v) is 10.5. The predicted molar refractivity (Wildman–Crippen MR) is 193 cm³/mol. The Hall–Kier alpha value is -4.68. The number of nitrogens with zero attached hydrogens (tertiary/aromatic N) is 4. The molecule has 232 valence electrons. The van der Waals surface area contributed by atoms with Crippen LogP contribution in [0.25, 0.3) is 40.3 Å². The molecule has 0 N–H and O–H groups in total. The largest absolute Gasteiger partial charge is 0.510 e. The molecule has 8 aromatic rings. The number of aromatic nitrogens is 1. The average Bonchev–Trinajstić information content (AvgIpc) is 3.81. The molecule has 9 rings (SSSR count). The molecule has 0 amide bonds. The molecule has 1 aliphatic heterocycles. The van der Waals surface area contributed by atoms with Gasteiger partial charge in [-0.1, -0.05) is 70.1 Å². The first-order chi connectivity index (χ1) is 22.7. The van der Waals surface area contributed by atoms with Gasteiger partial charge in [-0.15, -0.1) is 40.7 Å². The molecule has 3 aromatic heterocycles. The number of fused-ring (bicyclic) bond motifs is 6. The summed E-state index contributed by atoms with van der Waals surface area (Å²) in [5.74, 6) is 1.13. The van der Waals surface area contributed by atoms with Gasteiger partial charge in [0.05, 0.1) is 0 Å². The van der Waals surface area contributed by atoms with Gasteiger partial charge in [-0.05, 0) is 71.9 Å². The summed E-state index contributed by atoms with van der Waals surface area (Å²) in [7, 11) is 2.03. The van der Waals surface area contributed by atoms with Crippen LogP contribution in [0.15, 0.2) is 128 Å². The van der Waals surface area contributed by atoms with Crippen LogP contribution in [0.2, 0.25) is 0 Å². The summed E-state index contributed by atoms with van der Waals surface area (Å²) in [6.07, 6.45) is 5.86. The minimum atomic E-state index is 0. The van der Waals surface area contributed by atoms with Crippen LogP contribution in [0.3, 0.4) is 0 Å². The zero-order chi connectivity index (χ0) is 30.6. The molecular weight excluding hydrogens is 800 g/mol. The van der Waals surface area contributed by atoms with Crippen LogP contribution in [-0.2, 0) is 21.1 Å². The zero-order valence-corrected chi connectivity index (χ0v) is 28.9. The Bertz CT molecular complexity index is 2420. The molecule has 0 saturated carbocycles. The van der Waals surface area contributed by atoms with Gasteiger partial charge in [-0.25, -0.2) is 27.7 Å². The molecule has 8 heteroatoms. The van der Waals surface area contributed by atoms with Gasteiger partial charge >= 0.3 is 0 Å². The van der Waals surface area contributed by atoms with Gasteiger partial charge in [0.15, 0.2) is 0 Å². The maximum atomic E-state index is 6.40. The second kappa shape index (κ2) is 12.2. The van der Waals surface area contributed by atoms with Crippen molar-refractivity contribution in [3.05, 3.63) is 147 Å². The van der Waals surface area contributed by atoms with Gasteiger partial charge in [-0.2, -0.15) is 6.67 Å². The molecular formula is C39H25N4OPtS2-3. The Balaban J connectivity index is 0.00000324. The normalized spacial score (nSPS) is 12.8. The predicted octanol–water partition coefficient (Wildman–Crippen LogP) is 11.0. The van der Waals surface area contributed by atoms with Gasteiger partial charge in [0.1, 0.15) is 0 Å². The summed E-state index contributed by atoms with van der Waals surface area (Å²) < 4.78 is 11.1. The minimum Gasteiger partial charge on any atom is -0.510 e. The molecule has 0 aliphatic carbocycles. The molecule has 4 heterocycles. The van der Waals surface area contributed by atoms with Crippen LogP contribution >= 0.6 is 22.7 Å². The van der Waals surface area contributed by atoms with Crippen molar-refractivity contribution in [1.82, 2.24) is 9.88 Å². The number of thiophene rings is 2. The van der Waals surface area contributed by atoms with E-state index in [1.165, 1.54) is 25.6 Å². The first-order valence-corrected chi connectivity index (χ1v) is 16.6. The fourth-order valence-corrected chi connectivity index (χ4v) is 8.37.